The predicted molar refractivity (Wildman–Crippen MR) is 157 cm³/mol. The van der Waals surface area contributed by atoms with Gasteiger partial charge < -0.3 is 16.4 Å². The summed E-state index contributed by atoms with van der Waals surface area (Å²) in [5, 5.41) is 6.86. The number of allylic oxidation sites excluding steroid dienone is 2. The molecule has 0 aromatic heterocycles. The van der Waals surface area contributed by atoms with Crippen LogP contribution in [0.3, 0.4) is 0 Å². The maximum atomic E-state index is 12.5. The standard InChI is InChI=1S/C33H31N3O2/c34-24-23-33(35-29-17-13-27(14-18-29)31(37)21-11-25-7-3-1-4-8-25)36-30-19-15-28(16-20-30)32(38)22-12-26-9-5-2-6-10-26/h1-22,33,35-36H,23-24,34H2/b21-11+,22-12+. The van der Waals surface area contributed by atoms with E-state index in [0.717, 1.165) is 22.5 Å². The van der Waals surface area contributed by atoms with Gasteiger partial charge in [0, 0.05) is 22.5 Å². The fourth-order valence-corrected chi connectivity index (χ4v) is 3.88. The molecule has 0 atom stereocenters. The Hall–Kier alpha value is -4.74. The highest BCUT2D eigenvalue weighted by Gasteiger charge is 2.10. The number of ketones is 2. The van der Waals surface area contributed by atoms with Crippen LogP contribution in [0.4, 0.5) is 11.4 Å². The molecule has 0 radical (unpaired) electrons. The molecule has 0 spiro atoms. The number of nitrogens with two attached hydrogens (primary N) is 1. The van der Waals surface area contributed by atoms with Gasteiger partial charge in [-0.2, -0.15) is 0 Å². The van der Waals surface area contributed by atoms with Gasteiger partial charge in [-0.15, -0.1) is 0 Å². The molecule has 0 aliphatic heterocycles. The van der Waals surface area contributed by atoms with E-state index in [9.17, 15) is 9.59 Å². The smallest absolute Gasteiger partial charge is 0.185 e. The minimum atomic E-state index is -0.126. The van der Waals surface area contributed by atoms with E-state index in [-0.39, 0.29) is 17.7 Å². The summed E-state index contributed by atoms with van der Waals surface area (Å²) in [7, 11) is 0. The van der Waals surface area contributed by atoms with Gasteiger partial charge in [0.1, 0.15) is 0 Å². The Bertz CT molecular complexity index is 1270. The molecule has 0 aliphatic rings. The van der Waals surface area contributed by atoms with Crippen molar-refractivity contribution in [3.63, 3.8) is 0 Å². The Morgan fingerprint density at radius 3 is 1.37 bits per heavy atom. The van der Waals surface area contributed by atoms with Crippen LogP contribution in [0.15, 0.2) is 121 Å². The van der Waals surface area contributed by atoms with Crippen LogP contribution in [0.2, 0.25) is 0 Å². The number of hydrogen-bond donors (Lipinski definition) is 3. The minimum absolute atomic E-state index is 0.0507. The van der Waals surface area contributed by atoms with Crippen molar-refractivity contribution in [1.29, 1.82) is 0 Å². The number of hydrogen-bond acceptors (Lipinski definition) is 5. The van der Waals surface area contributed by atoms with Gasteiger partial charge >= 0.3 is 0 Å². The van der Waals surface area contributed by atoms with Gasteiger partial charge in [0.25, 0.3) is 0 Å². The first kappa shape index (κ1) is 26.3. The molecule has 0 saturated heterocycles. The van der Waals surface area contributed by atoms with Gasteiger partial charge in [-0.1, -0.05) is 72.8 Å². The van der Waals surface area contributed by atoms with Crippen LogP contribution in [0, 0.1) is 0 Å². The predicted octanol–water partition coefficient (Wildman–Crippen LogP) is 6.68. The lowest BCUT2D eigenvalue weighted by Gasteiger charge is -2.22. The topological polar surface area (TPSA) is 84.2 Å². The third-order valence-electron chi connectivity index (χ3n) is 5.93. The summed E-state index contributed by atoms with van der Waals surface area (Å²) in [5.74, 6) is -0.101. The average Bonchev–Trinajstić information content (AvgIpc) is 2.96. The molecule has 38 heavy (non-hydrogen) atoms. The first-order valence-corrected chi connectivity index (χ1v) is 12.6. The third kappa shape index (κ3) is 7.88. The molecule has 4 aromatic carbocycles. The molecule has 5 nitrogen and oxygen atoms in total. The summed E-state index contributed by atoms with van der Waals surface area (Å²) in [6.45, 7) is 0.492. The van der Waals surface area contributed by atoms with E-state index in [1.54, 1.807) is 12.2 Å². The van der Waals surface area contributed by atoms with Crippen LogP contribution in [0.5, 0.6) is 0 Å². The Labute approximate surface area is 223 Å². The van der Waals surface area contributed by atoms with E-state index < -0.39 is 0 Å². The van der Waals surface area contributed by atoms with Gasteiger partial charge in [0.05, 0.1) is 6.17 Å². The molecule has 0 saturated carbocycles. The van der Waals surface area contributed by atoms with E-state index in [0.29, 0.717) is 24.1 Å². The zero-order chi connectivity index (χ0) is 26.6. The van der Waals surface area contributed by atoms with Crippen LogP contribution >= 0.6 is 0 Å². The molecule has 4 aromatic rings. The largest absolute Gasteiger partial charge is 0.365 e. The summed E-state index contributed by atoms with van der Waals surface area (Å²) >= 11 is 0. The van der Waals surface area contributed by atoms with E-state index >= 15 is 0 Å². The zero-order valence-electron chi connectivity index (χ0n) is 21.1. The molecule has 0 fully saturated rings. The molecule has 5 heteroatoms. The van der Waals surface area contributed by atoms with Crippen LogP contribution in [0.1, 0.15) is 38.3 Å². The third-order valence-corrected chi connectivity index (χ3v) is 5.93. The van der Waals surface area contributed by atoms with Gasteiger partial charge in [-0.05, 0) is 84.8 Å². The van der Waals surface area contributed by atoms with Crippen LogP contribution in [-0.2, 0) is 0 Å². The maximum Gasteiger partial charge on any atom is 0.185 e. The number of carbonyl (C=O) groups is 2. The maximum absolute atomic E-state index is 12.5. The fraction of sp³-hybridized carbons (Fsp3) is 0.0909. The Kier molecular flexibility index (Phi) is 9.38. The Balaban J connectivity index is 1.34. The molecule has 0 heterocycles. The van der Waals surface area contributed by atoms with E-state index in [1.807, 2.05) is 121 Å². The number of carbonyl (C=O) groups excluding carboxylic acids is 2. The molecule has 4 N–H and O–H groups in total. The van der Waals surface area contributed by atoms with Crippen molar-refractivity contribution in [2.45, 2.75) is 12.6 Å². The highest BCUT2D eigenvalue weighted by atomic mass is 16.1. The Morgan fingerprint density at radius 2 is 1.00 bits per heavy atom. The van der Waals surface area contributed by atoms with E-state index in [2.05, 4.69) is 10.6 Å². The van der Waals surface area contributed by atoms with Crippen molar-refractivity contribution in [2.75, 3.05) is 17.2 Å². The van der Waals surface area contributed by atoms with Crippen LogP contribution < -0.4 is 16.4 Å². The van der Waals surface area contributed by atoms with Gasteiger partial charge in [0.2, 0.25) is 0 Å². The van der Waals surface area contributed by atoms with Crippen molar-refractivity contribution >= 4 is 35.1 Å². The van der Waals surface area contributed by atoms with E-state index in [1.165, 1.54) is 0 Å². The molecule has 4 rings (SSSR count). The number of nitrogens with one attached hydrogen (secondary N) is 2. The van der Waals surface area contributed by atoms with Crippen molar-refractivity contribution in [1.82, 2.24) is 0 Å². The van der Waals surface area contributed by atoms with Crippen molar-refractivity contribution in [2.24, 2.45) is 5.73 Å². The summed E-state index contributed by atoms with van der Waals surface area (Å²) in [6.07, 6.45) is 7.35. The first-order valence-electron chi connectivity index (χ1n) is 12.6. The first-order chi connectivity index (χ1) is 18.6. The number of benzene rings is 4. The summed E-state index contributed by atoms with van der Waals surface area (Å²) in [6, 6.07) is 34.2. The second-order valence-corrected chi connectivity index (χ2v) is 8.79. The van der Waals surface area contributed by atoms with Crippen LogP contribution in [0.25, 0.3) is 12.2 Å². The lowest BCUT2D eigenvalue weighted by molar-refractivity contribution is 0.103. The SMILES string of the molecule is NCCC(Nc1ccc(C(=O)/C=C/c2ccccc2)cc1)Nc1ccc(C(=O)/C=C/c2ccccc2)cc1. The van der Waals surface area contributed by atoms with Crippen molar-refractivity contribution in [3.05, 3.63) is 144 Å². The van der Waals surface area contributed by atoms with Gasteiger partial charge in [-0.25, -0.2) is 0 Å². The lowest BCUT2D eigenvalue weighted by atomic mass is 10.1. The molecule has 0 unspecified atom stereocenters. The Morgan fingerprint density at radius 1 is 0.605 bits per heavy atom. The van der Waals surface area contributed by atoms with Crippen LogP contribution in [-0.4, -0.2) is 24.3 Å². The fourth-order valence-electron chi connectivity index (χ4n) is 3.88. The average molecular weight is 502 g/mol. The highest BCUT2D eigenvalue weighted by Crippen LogP contribution is 2.17. The summed E-state index contributed by atoms with van der Waals surface area (Å²) in [5.41, 5.74) is 10.8. The second kappa shape index (κ2) is 13.5. The quantitative estimate of drug-likeness (QED) is 0.115. The molecular formula is C33H31N3O2. The molecule has 0 aliphatic carbocycles. The highest BCUT2D eigenvalue weighted by molar-refractivity contribution is 6.07. The second-order valence-electron chi connectivity index (χ2n) is 8.79. The van der Waals surface area contributed by atoms with Gasteiger partial charge in [-0.3, -0.25) is 9.59 Å². The monoisotopic (exact) mass is 501 g/mol. The molecule has 0 amide bonds. The normalized spacial score (nSPS) is 11.2. The summed E-state index contributed by atoms with van der Waals surface area (Å²) in [4.78, 5) is 25.0. The molecule has 190 valence electrons. The molecule has 0 bridgehead atoms. The van der Waals surface area contributed by atoms with E-state index in [4.69, 9.17) is 5.73 Å². The summed E-state index contributed by atoms with van der Waals surface area (Å²) < 4.78 is 0. The minimum Gasteiger partial charge on any atom is -0.365 e. The molecular weight excluding hydrogens is 470 g/mol. The zero-order valence-corrected chi connectivity index (χ0v) is 21.1. The van der Waals surface area contributed by atoms with Crippen molar-refractivity contribution < 1.29 is 9.59 Å². The number of anilines is 2. The van der Waals surface area contributed by atoms with Gasteiger partial charge in [0.15, 0.2) is 11.6 Å². The number of rotatable bonds is 12. The lowest BCUT2D eigenvalue weighted by Crippen LogP contribution is -2.31. The van der Waals surface area contributed by atoms with Crippen molar-refractivity contribution in [3.8, 4) is 0 Å².